The molecule has 16 heavy (non-hydrogen) atoms. The Balaban J connectivity index is 2.90. The van der Waals surface area contributed by atoms with Crippen LogP contribution in [0.1, 0.15) is 13.8 Å². The largest absolute Gasteiger partial charge is 0.480 e. The van der Waals surface area contributed by atoms with Gasteiger partial charge in [0, 0.05) is 12.7 Å². The second kappa shape index (κ2) is 4.62. The average molecular weight is 247 g/mol. The molecule has 1 aromatic rings. The summed E-state index contributed by atoms with van der Waals surface area (Å²) in [5, 5.41) is 8.41. The Morgan fingerprint density at radius 1 is 1.69 bits per heavy atom. The normalized spacial score (nSPS) is 13.6. The number of rotatable bonds is 5. The van der Waals surface area contributed by atoms with E-state index in [0.29, 0.717) is 6.54 Å². The third-order valence-electron chi connectivity index (χ3n) is 1.95. The van der Waals surface area contributed by atoms with E-state index in [4.69, 9.17) is 5.11 Å². The Morgan fingerprint density at radius 3 is 2.75 bits per heavy atom. The molecule has 1 atom stereocenters. The number of aryl methyl sites for hydroxylation is 1. The zero-order valence-corrected chi connectivity index (χ0v) is 9.73. The molecule has 0 amide bonds. The molecule has 0 aliphatic rings. The molecule has 0 aliphatic carbocycles. The highest BCUT2D eigenvalue weighted by molar-refractivity contribution is 7.89. The highest BCUT2D eigenvalue weighted by Crippen LogP contribution is 2.05. The van der Waals surface area contributed by atoms with Crippen LogP contribution in [-0.4, -0.2) is 35.1 Å². The Kier molecular flexibility index (Phi) is 3.66. The van der Waals surface area contributed by atoms with Crippen LogP contribution in [0.4, 0.5) is 0 Å². The Hall–Kier alpha value is -1.41. The highest BCUT2D eigenvalue weighted by atomic mass is 32.2. The number of carbonyl (C=O) groups is 1. The van der Waals surface area contributed by atoms with Gasteiger partial charge in [-0.25, -0.2) is 13.4 Å². The van der Waals surface area contributed by atoms with E-state index in [9.17, 15) is 13.2 Å². The summed E-state index contributed by atoms with van der Waals surface area (Å²) >= 11 is 0. The summed E-state index contributed by atoms with van der Waals surface area (Å²) in [5.41, 5.74) is 0. The van der Waals surface area contributed by atoms with Crippen LogP contribution >= 0.6 is 0 Å². The van der Waals surface area contributed by atoms with Gasteiger partial charge in [-0.2, -0.15) is 4.72 Å². The van der Waals surface area contributed by atoms with E-state index >= 15 is 0 Å². The van der Waals surface area contributed by atoms with Crippen molar-refractivity contribution in [3.63, 3.8) is 0 Å². The van der Waals surface area contributed by atoms with Gasteiger partial charge in [0.25, 0.3) is 10.0 Å². The number of carboxylic acid groups (broad SMARTS) is 1. The topological polar surface area (TPSA) is 101 Å². The summed E-state index contributed by atoms with van der Waals surface area (Å²) in [6.45, 7) is 3.68. The van der Waals surface area contributed by atoms with Gasteiger partial charge in [0.1, 0.15) is 6.04 Å². The molecule has 0 saturated carbocycles. The van der Waals surface area contributed by atoms with E-state index in [2.05, 4.69) is 4.98 Å². The fourth-order valence-corrected chi connectivity index (χ4v) is 2.14. The number of imidazole rings is 1. The molecule has 0 aromatic carbocycles. The summed E-state index contributed by atoms with van der Waals surface area (Å²) < 4.78 is 26.8. The van der Waals surface area contributed by atoms with E-state index in [1.165, 1.54) is 19.4 Å². The van der Waals surface area contributed by atoms with Crippen molar-refractivity contribution in [3.8, 4) is 0 Å². The number of hydrogen-bond donors (Lipinski definition) is 2. The van der Waals surface area contributed by atoms with Crippen LogP contribution in [0, 0.1) is 0 Å². The molecule has 0 fully saturated rings. The van der Waals surface area contributed by atoms with E-state index in [1.54, 1.807) is 4.57 Å². The van der Waals surface area contributed by atoms with Crippen molar-refractivity contribution in [2.75, 3.05) is 0 Å². The summed E-state index contributed by atoms with van der Waals surface area (Å²) in [6.07, 6.45) is 2.72. The van der Waals surface area contributed by atoms with Crippen LogP contribution in [0.3, 0.4) is 0 Å². The van der Waals surface area contributed by atoms with E-state index < -0.39 is 22.0 Å². The van der Waals surface area contributed by atoms with Gasteiger partial charge in [-0.15, -0.1) is 0 Å². The van der Waals surface area contributed by atoms with Crippen LogP contribution in [-0.2, 0) is 21.4 Å². The molecule has 0 radical (unpaired) electrons. The van der Waals surface area contributed by atoms with Crippen molar-refractivity contribution in [1.29, 1.82) is 0 Å². The lowest BCUT2D eigenvalue weighted by atomic mass is 10.4. The molecule has 0 unspecified atom stereocenters. The number of aromatic nitrogens is 2. The van der Waals surface area contributed by atoms with Crippen LogP contribution in [0.5, 0.6) is 0 Å². The standard InChI is InChI=1S/C8H13N3O4S/c1-3-11-4-7(9-5-11)16(14,15)10-6(2)8(12)13/h4-6,10H,3H2,1-2H3,(H,12,13)/t6-/m1/s1. The van der Waals surface area contributed by atoms with Gasteiger partial charge < -0.3 is 9.67 Å². The first-order valence-electron chi connectivity index (χ1n) is 4.63. The van der Waals surface area contributed by atoms with Crippen LogP contribution in [0.25, 0.3) is 0 Å². The molecule has 1 rings (SSSR count). The fraction of sp³-hybridized carbons (Fsp3) is 0.500. The van der Waals surface area contributed by atoms with Gasteiger partial charge in [-0.05, 0) is 13.8 Å². The average Bonchev–Trinajstić information content (AvgIpc) is 2.65. The summed E-state index contributed by atoms with van der Waals surface area (Å²) in [5.74, 6) is -1.24. The van der Waals surface area contributed by atoms with Gasteiger partial charge in [0.05, 0.1) is 6.33 Å². The molecule has 1 heterocycles. The lowest BCUT2D eigenvalue weighted by molar-refractivity contribution is -0.138. The van der Waals surface area contributed by atoms with Gasteiger partial charge >= 0.3 is 5.97 Å². The Bertz CT molecular complexity index is 479. The van der Waals surface area contributed by atoms with Gasteiger partial charge in [0.15, 0.2) is 5.03 Å². The minimum atomic E-state index is -3.86. The fourth-order valence-electron chi connectivity index (χ4n) is 0.995. The van der Waals surface area contributed by atoms with Gasteiger partial charge in [0.2, 0.25) is 0 Å². The minimum absolute atomic E-state index is 0.178. The molecular formula is C8H13N3O4S. The van der Waals surface area contributed by atoms with Crippen molar-refractivity contribution in [2.45, 2.75) is 31.5 Å². The predicted octanol–water partition coefficient (Wildman–Crippen LogP) is -0.346. The molecule has 90 valence electrons. The lowest BCUT2D eigenvalue weighted by Gasteiger charge is -2.07. The smallest absolute Gasteiger partial charge is 0.321 e. The summed E-state index contributed by atoms with van der Waals surface area (Å²) in [6, 6.07) is -1.18. The van der Waals surface area contributed by atoms with E-state index in [1.807, 2.05) is 11.6 Å². The van der Waals surface area contributed by atoms with Crippen LogP contribution in [0.2, 0.25) is 0 Å². The van der Waals surface area contributed by atoms with Crippen molar-refractivity contribution in [1.82, 2.24) is 14.3 Å². The van der Waals surface area contributed by atoms with Crippen molar-refractivity contribution >= 4 is 16.0 Å². The molecular weight excluding hydrogens is 234 g/mol. The molecule has 0 bridgehead atoms. The van der Waals surface area contributed by atoms with Gasteiger partial charge in [-0.1, -0.05) is 0 Å². The van der Waals surface area contributed by atoms with Crippen molar-refractivity contribution in [2.24, 2.45) is 0 Å². The first-order chi connectivity index (χ1) is 7.36. The maximum atomic E-state index is 11.6. The van der Waals surface area contributed by atoms with Crippen LogP contribution in [0.15, 0.2) is 17.6 Å². The van der Waals surface area contributed by atoms with E-state index in [0.717, 1.165) is 0 Å². The monoisotopic (exact) mass is 247 g/mol. The molecule has 1 aromatic heterocycles. The van der Waals surface area contributed by atoms with Crippen molar-refractivity contribution in [3.05, 3.63) is 12.5 Å². The number of nitrogens with one attached hydrogen (secondary N) is 1. The minimum Gasteiger partial charge on any atom is -0.480 e. The SMILES string of the molecule is CCn1cnc(S(=O)(=O)N[C@H](C)C(=O)O)c1. The maximum Gasteiger partial charge on any atom is 0.321 e. The second-order valence-corrected chi connectivity index (χ2v) is 4.88. The number of nitrogens with zero attached hydrogens (tertiary/aromatic N) is 2. The van der Waals surface area contributed by atoms with Crippen LogP contribution < -0.4 is 4.72 Å². The summed E-state index contributed by atoms with van der Waals surface area (Å²) in [7, 11) is -3.86. The molecule has 0 saturated heterocycles. The number of aliphatic carboxylic acids is 1. The van der Waals surface area contributed by atoms with E-state index in [-0.39, 0.29) is 5.03 Å². The molecule has 0 aliphatic heterocycles. The zero-order valence-electron chi connectivity index (χ0n) is 8.91. The Morgan fingerprint density at radius 2 is 2.31 bits per heavy atom. The zero-order chi connectivity index (χ0) is 12.3. The molecule has 2 N–H and O–H groups in total. The number of sulfonamides is 1. The molecule has 8 heteroatoms. The third-order valence-corrected chi connectivity index (χ3v) is 3.38. The van der Waals surface area contributed by atoms with Crippen molar-refractivity contribution < 1.29 is 18.3 Å². The number of carboxylic acids is 1. The number of hydrogen-bond acceptors (Lipinski definition) is 4. The molecule has 7 nitrogen and oxygen atoms in total. The summed E-state index contributed by atoms with van der Waals surface area (Å²) in [4.78, 5) is 14.2. The highest BCUT2D eigenvalue weighted by Gasteiger charge is 2.23. The lowest BCUT2D eigenvalue weighted by Crippen LogP contribution is -2.38. The van der Waals surface area contributed by atoms with Gasteiger partial charge in [-0.3, -0.25) is 4.79 Å². The first kappa shape index (κ1) is 12.7. The maximum absolute atomic E-state index is 11.6. The first-order valence-corrected chi connectivity index (χ1v) is 6.12. The quantitative estimate of drug-likeness (QED) is 0.740. The third kappa shape index (κ3) is 2.80. The molecule has 0 spiro atoms. The second-order valence-electron chi connectivity index (χ2n) is 3.22. The Labute approximate surface area is 93.2 Å². The predicted molar refractivity (Wildman–Crippen MR) is 55.3 cm³/mol.